The Bertz CT molecular complexity index is 2850. The maximum atomic E-state index is 14.3. The van der Waals surface area contributed by atoms with E-state index in [-0.39, 0.29) is 11.6 Å². The lowest BCUT2D eigenvalue weighted by Crippen LogP contribution is -1.99. The maximum Gasteiger partial charge on any atom is 0.202 e. The fraction of sp³-hybridized carbons (Fsp3) is 0. The summed E-state index contributed by atoms with van der Waals surface area (Å²) in [4.78, 5) is 30.0. The molecule has 2 nitrogen and oxygen atoms in total. The zero-order chi connectivity index (χ0) is 37.6. The monoisotopic (exact) mass is 752 g/mol. The molecule has 0 N–H and O–H groups in total. The molecule has 0 aliphatic carbocycles. The van der Waals surface area contributed by atoms with Crippen LogP contribution in [0.5, 0.6) is 0 Å². The van der Waals surface area contributed by atoms with E-state index in [1.54, 1.807) is 0 Å². The highest BCUT2D eigenvalue weighted by molar-refractivity contribution is 7.29. The second-order valence-corrected chi connectivity index (χ2v) is 15.9. The van der Waals surface area contributed by atoms with Crippen molar-refractivity contribution in [2.24, 2.45) is 0 Å². The molecule has 10 aromatic rings. The molecule has 0 spiro atoms. The highest BCUT2D eigenvalue weighted by Gasteiger charge is 2.29. The van der Waals surface area contributed by atoms with Crippen molar-refractivity contribution in [2.45, 2.75) is 0 Å². The molecule has 8 aromatic carbocycles. The summed E-state index contributed by atoms with van der Waals surface area (Å²) in [5.41, 5.74) is 10.1. The molecule has 264 valence electrons. The Morgan fingerprint density at radius 3 is 0.893 bits per heavy atom. The summed E-state index contributed by atoms with van der Waals surface area (Å²) in [6, 6.07) is 65.8. The largest absolute Gasteiger partial charge is 0.288 e. The van der Waals surface area contributed by atoms with Crippen molar-refractivity contribution >= 4 is 65.2 Å². The van der Waals surface area contributed by atoms with Crippen LogP contribution < -0.4 is 0 Å². The van der Waals surface area contributed by atoms with Gasteiger partial charge >= 0.3 is 0 Å². The highest BCUT2D eigenvalue weighted by atomic mass is 32.1. The lowest BCUT2D eigenvalue weighted by atomic mass is 9.77. The van der Waals surface area contributed by atoms with E-state index in [1.807, 2.05) is 60.7 Å². The fourth-order valence-electron chi connectivity index (χ4n) is 8.04. The second kappa shape index (κ2) is 14.2. The number of hydrogen-bond acceptors (Lipinski definition) is 4. The van der Waals surface area contributed by atoms with Crippen molar-refractivity contribution in [1.29, 1.82) is 0 Å². The van der Waals surface area contributed by atoms with E-state index >= 15 is 0 Å². The van der Waals surface area contributed by atoms with Gasteiger partial charge in [-0.05, 0) is 56.6 Å². The van der Waals surface area contributed by atoms with Gasteiger partial charge in [-0.1, -0.05) is 182 Å². The predicted molar refractivity (Wildman–Crippen MR) is 236 cm³/mol. The number of thiophene rings is 2. The standard InChI is InChI=1S/C52H32O2S2/c53-49(37-27-15-5-16-28-37)41-31-39-47-45(35-23-11-3-12-24-35)43(33-19-7-1-8-20-33)44(34-21-9-2-10-22-34)46(36-25-13-4-14-26-36)48(47)40-32-42(56-52(40)51(39)55-41)50(54)38-29-17-6-18-30-38/h1-32H. The van der Waals surface area contributed by atoms with Gasteiger partial charge in [-0.2, -0.15) is 0 Å². The first-order chi connectivity index (χ1) is 27.7. The van der Waals surface area contributed by atoms with Crippen LogP contribution in [0.3, 0.4) is 0 Å². The van der Waals surface area contributed by atoms with Crippen LogP contribution >= 0.6 is 22.7 Å². The zero-order valence-corrected chi connectivity index (χ0v) is 31.7. The molecule has 2 aromatic heterocycles. The Labute approximate surface area is 332 Å². The molecule has 10 rings (SSSR count). The topological polar surface area (TPSA) is 34.1 Å². The van der Waals surface area contributed by atoms with Gasteiger partial charge in [0.2, 0.25) is 11.6 Å². The van der Waals surface area contributed by atoms with Gasteiger partial charge in [0.1, 0.15) is 0 Å². The van der Waals surface area contributed by atoms with Crippen LogP contribution in [0.1, 0.15) is 30.5 Å². The minimum Gasteiger partial charge on any atom is -0.288 e. The molecule has 4 heteroatoms. The third-order valence-corrected chi connectivity index (χ3v) is 12.9. The Hall–Kier alpha value is -6.72. The summed E-state index contributed by atoms with van der Waals surface area (Å²) in [6.45, 7) is 0. The van der Waals surface area contributed by atoms with Crippen LogP contribution in [0, 0.1) is 0 Å². The smallest absolute Gasteiger partial charge is 0.202 e. The third kappa shape index (κ3) is 5.70. The van der Waals surface area contributed by atoms with E-state index in [0.717, 1.165) is 75.5 Å². The van der Waals surface area contributed by atoms with Gasteiger partial charge < -0.3 is 0 Å². The summed E-state index contributed by atoms with van der Waals surface area (Å²) >= 11 is 3.05. The molecule has 56 heavy (non-hydrogen) atoms. The molecule has 0 saturated heterocycles. The van der Waals surface area contributed by atoms with E-state index in [2.05, 4.69) is 133 Å². The summed E-state index contributed by atoms with van der Waals surface area (Å²) < 4.78 is 2.01. The van der Waals surface area contributed by atoms with Gasteiger partial charge in [-0.3, -0.25) is 9.59 Å². The molecule has 2 heterocycles. The number of carbonyl (C=O) groups is 2. The summed E-state index contributed by atoms with van der Waals surface area (Å²) in [7, 11) is 0. The Morgan fingerprint density at radius 1 is 0.321 bits per heavy atom. The average molecular weight is 753 g/mol. The Morgan fingerprint density at radius 2 is 0.589 bits per heavy atom. The highest BCUT2D eigenvalue weighted by Crippen LogP contribution is 2.56. The summed E-state index contributed by atoms with van der Waals surface area (Å²) in [6.07, 6.45) is 0. The number of benzene rings is 8. The molecule has 0 unspecified atom stereocenters. The van der Waals surface area contributed by atoms with Crippen LogP contribution in [0.25, 0.3) is 75.5 Å². The van der Waals surface area contributed by atoms with Crippen LogP contribution in [0.15, 0.2) is 194 Å². The van der Waals surface area contributed by atoms with E-state index in [0.29, 0.717) is 20.9 Å². The van der Waals surface area contributed by atoms with E-state index in [9.17, 15) is 9.59 Å². The van der Waals surface area contributed by atoms with Crippen LogP contribution in [0.4, 0.5) is 0 Å². The minimum absolute atomic E-state index is 0.0148. The first-order valence-corrected chi connectivity index (χ1v) is 20.2. The molecule has 0 radical (unpaired) electrons. The van der Waals surface area contributed by atoms with Crippen LogP contribution in [0.2, 0.25) is 0 Å². The van der Waals surface area contributed by atoms with Crippen molar-refractivity contribution < 1.29 is 9.59 Å². The molecule has 0 aliphatic heterocycles. The molecule has 0 fully saturated rings. The van der Waals surface area contributed by atoms with Gasteiger partial charge in [0.05, 0.1) is 19.2 Å². The van der Waals surface area contributed by atoms with Crippen LogP contribution in [-0.4, -0.2) is 11.6 Å². The normalized spacial score (nSPS) is 11.4. The minimum atomic E-state index is -0.0148. The maximum absolute atomic E-state index is 14.3. The number of ketones is 2. The van der Waals surface area contributed by atoms with Crippen molar-refractivity contribution in [3.63, 3.8) is 0 Å². The number of hydrogen-bond donors (Lipinski definition) is 0. The van der Waals surface area contributed by atoms with E-state index in [4.69, 9.17) is 0 Å². The number of fused-ring (bicyclic) bond motifs is 6. The van der Waals surface area contributed by atoms with Gasteiger partial charge in [-0.15, -0.1) is 22.7 Å². The lowest BCUT2D eigenvalue weighted by Gasteiger charge is -2.25. The summed E-state index contributed by atoms with van der Waals surface area (Å²) in [5, 5.41) is 4.14. The number of rotatable bonds is 8. The van der Waals surface area contributed by atoms with E-state index < -0.39 is 0 Å². The Kier molecular flexibility index (Phi) is 8.56. The van der Waals surface area contributed by atoms with Gasteiger partial charge in [0, 0.05) is 32.7 Å². The van der Waals surface area contributed by atoms with Crippen molar-refractivity contribution in [3.05, 3.63) is 215 Å². The molecule has 0 amide bonds. The first kappa shape index (κ1) is 33.8. The van der Waals surface area contributed by atoms with Crippen LogP contribution in [-0.2, 0) is 0 Å². The number of carbonyl (C=O) groups excluding carboxylic acids is 2. The third-order valence-electron chi connectivity index (χ3n) is 10.5. The molecule has 0 aliphatic rings. The predicted octanol–water partition coefficient (Wildman–Crippen LogP) is 14.4. The summed E-state index contributed by atoms with van der Waals surface area (Å²) in [5.74, 6) is -0.0297. The SMILES string of the molecule is O=C(c1ccccc1)c1cc2c(s1)c1sc(C(=O)c3ccccc3)cc1c1c(-c3ccccc3)c(-c3ccccc3)c(-c3ccccc3)c(-c3ccccc3)c21. The Balaban J connectivity index is 1.48. The average Bonchev–Trinajstić information content (AvgIpc) is 3.93. The molecule has 0 saturated carbocycles. The first-order valence-electron chi connectivity index (χ1n) is 18.6. The van der Waals surface area contributed by atoms with Gasteiger partial charge in [0.25, 0.3) is 0 Å². The molecular weight excluding hydrogens is 721 g/mol. The lowest BCUT2D eigenvalue weighted by molar-refractivity contribution is 0.103. The van der Waals surface area contributed by atoms with Crippen molar-refractivity contribution in [3.8, 4) is 44.5 Å². The van der Waals surface area contributed by atoms with Gasteiger partial charge in [-0.25, -0.2) is 0 Å². The quantitative estimate of drug-likeness (QED) is 0.145. The fourth-order valence-corrected chi connectivity index (χ4v) is 10.5. The zero-order valence-electron chi connectivity index (χ0n) is 30.1. The van der Waals surface area contributed by atoms with E-state index in [1.165, 1.54) is 22.7 Å². The second-order valence-electron chi connectivity index (χ2n) is 13.8. The van der Waals surface area contributed by atoms with Gasteiger partial charge in [0.15, 0.2) is 0 Å². The molecule has 0 bridgehead atoms. The molecule has 0 atom stereocenters. The van der Waals surface area contributed by atoms with Crippen molar-refractivity contribution in [2.75, 3.05) is 0 Å². The molecular formula is C52H32O2S2. The van der Waals surface area contributed by atoms with Crippen molar-refractivity contribution in [1.82, 2.24) is 0 Å².